The Bertz CT molecular complexity index is 616. The van der Waals surface area contributed by atoms with E-state index in [1.165, 1.54) is 19.4 Å². The fourth-order valence-corrected chi connectivity index (χ4v) is 2.57. The van der Waals surface area contributed by atoms with Gasteiger partial charge >= 0.3 is 0 Å². The van der Waals surface area contributed by atoms with E-state index in [1.807, 2.05) is 42.7 Å². The third-order valence-electron chi connectivity index (χ3n) is 4.60. The Morgan fingerprint density at radius 2 is 1.85 bits per heavy atom. The lowest BCUT2D eigenvalue weighted by molar-refractivity contribution is 0.293. The van der Waals surface area contributed by atoms with E-state index in [1.54, 1.807) is 0 Å². The molecule has 0 spiro atoms. The number of aryl methyl sites for hydroxylation is 2. The molecule has 2 aromatic heterocycles. The Labute approximate surface area is 165 Å². The number of hydrogen-bond acceptors (Lipinski definition) is 4. The van der Waals surface area contributed by atoms with Crippen molar-refractivity contribution >= 4 is 0 Å². The largest absolute Gasteiger partial charge is 0.362 e. The SMILES string of the molecule is CCC(C)n1ccnc1.CCCCN1C=CN(C)C1.CCc1nccn1C. The molecule has 152 valence electrons. The van der Waals surface area contributed by atoms with E-state index in [0.29, 0.717) is 6.04 Å². The zero-order chi connectivity index (χ0) is 20.1. The van der Waals surface area contributed by atoms with Gasteiger partial charge in [0.05, 0.1) is 13.0 Å². The van der Waals surface area contributed by atoms with Crippen LogP contribution in [0.3, 0.4) is 0 Å². The molecule has 2 aromatic rings. The van der Waals surface area contributed by atoms with Gasteiger partial charge in [-0.25, -0.2) is 9.97 Å². The van der Waals surface area contributed by atoms with Gasteiger partial charge in [0.25, 0.3) is 0 Å². The summed E-state index contributed by atoms with van der Waals surface area (Å²) in [6, 6.07) is 0.590. The van der Waals surface area contributed by atoms with Crippen LogP contribution in [0.5, 0.6) is 0 Å². The van der Waals surface area contributed by atoms with Crippen LogP contribution < -0.4 is 0 Å². The van der Waals surface area contributed by atoms with Crippen molar-refractivity contribution in [3.8, 4) is 0 Å². The highest BCUT2D eigenvalue weighted by atomic mass is 15.3. The first-order valence-electron chi connectivity index (χ1n) is 10.1. The Morgan fingerprint density at radius 1 is 1.07 bits per heavy atom. The topological polar surface area (TPSA) is 42.1 Å². The van der Waals surface area contributed by atoms with Crippen molar-refractivity contribution < 1.29 is 0 Å². The van der Waals surface area contributed by atoms with E-state index in [-0.39, 0.29) is 0 Å². The van der Waals surface area contributed by atoms with Crippen LogP contribution in [0.4, 0.5) is 0 Å². The summed E-state index contributed by atoms with van der Waals surface area (Å²) in [5, 5.41) is 0. The molecule has 6 heteroatoms. The quantitative estimate of drug-likeness (QED) is 0.756. The van der Waals surface area contributed by atoms with Crippen molar-refractivity contribution in [3.05, 3.63) is 49.3 Å². The van der Waals surface area contributed by atoms with Crippen LogP contribution in [-0.2, 0) is 13.5 Å². The predicted octanol–water partition coefficient (Wildman–Crippen LogP) is 4.30. The number of hydrogen-bond donors (Lipinski definition) is 0. The lowest BCUT2D eigenvalue weighted by Crippen LogP contribution is -2.23. The molecule has 0 fully saturated rings. The van der Waals surface area contributed by atoms with Crippen LogP contribution in [0, 0.1) is 0 Å². The van der Waals surface area contributed by atoms with Crippen molar-refractivity contribution in [2.75, 3.05) is 20.3 Å². The van der Waals surface area contributed by atoms with Gasteiger partial charge in [0, 0.05) is 70.3 Å². The molecule has 27 heavy (non-hydrogen) atoms. The third-order valence-corrected chi connectivity index (χ3v) is 4.60. The maximum Gasteiger partial charge on any atom is 0.108 e. The third kappa shape index (κ3) is 8.80. The summed E-state index contributed by atoms with van der Waals surface area (Å²) in [6.07, 6.45) is 18.5. The lowest BCUT2D eigenvalue weighted by Gasteiger charge is -2.17. The molecule has 0 N–H and O–H groups in total. The molecular weight excluding hydrogens is 336 g/mol. The molecule has 3 rings (SSSR count). The first-order chi connectivity index (χ1) is 13.0. The Balaban J connectivity index is 0.000000204. The van der Waals surface area contributed by atoms with E-state index in [9.17, 15) is 0 Å². The standard InChI is InChI=1S/C8H16N2.C7H12N2.C6H10N2/c1-3-4-5-10-7-6-9(2)8-10;1-3-7(2)9-5-4-8-6-9;1-3-6-7-4-5-8(6)2/h6-7H,3-5,8H2,1-2H3;4-7H,3H2,1-2H3;4-5H,3H2,1-2H3. The molecule has 1 aliphatic heterocycles. The molecule has 1 atom stereocenters. The van der Waals surface area contributed by atoms with Crippen LogP contribution in [0.25, 0.3) is 0 Å². The van der Waals surface area contributed by atoms with Crippen molar-refractivity contribution in [1.82, 2.24) is 28.9 Å². The molecule has 6 nitrogen and oxygen atoms in total. The molecule has 0 radical (unpaired) electrons. The summed E-state index contributed by atoms with van der Waals surface area (Å²) in [7, 11) is 4.11. The van der Waals surface area contributed by atoms with Gasteiger partial charge in [0.15, 0.2) is 0 Å². The van der Waals surface area contributed by atoms with Crippen molar-refractivity contribution in [2.24, 2.45) is 7.05 Å². The van der Waals surface area contributed by atoms with Gasteiger partial charge in [-0.05, 0) is 19.8 Å². The van der Waals surface area contributed by atoms with Gasteiger partial charge in [0.1, 0.15) is 5.82 Å². The summed E-state index contributed by atoms with van der Waals surface area (Å²) in [5.74, 6) is 1.14. The average Bonchev–Trinajstić information content (AvgIpc) is 3.42. The second-order valence-corrected chi connectivity index (χ2v) is 6.94. The number of aromatic nitrogens is 4. The first kappa shape index (κ1) is 22.8. The second kappa shape index (κ2) is 13.0. The summed E-state index contributed by atoms with van der Waals surface area (Å²) >= 11 is 0. The zero-order valence-electron chi connectivity index (χ0n) is 18.0. The maximum absolute atomic E-state index is 4.10. The Hall–Kier alpha value is -2.24. The van der Waals surface area contributed by atoms with E-state index >= 15 is 0 Å². The van der Waals surface area contributed by atoms with Gasteiger partial charge in [-0.2, -0.15) is 0 Å². The minimum absolute atomic E-state index is 0.590. The van der Waals surface area contributed by atoms with E-state index in [4.69, 9.17) is 0 Å². The minimum atomic E-state index is 0.590. The highest BCUT2D eigenvalue weighted by molar-refractivity contribution is 4.89. The number of imidazole rings is 2. The minimum Gasteiger partial charge on any atom is -0.362 e. The molecule has 0 bridgehead atoms. The molecule has 0 saturated carbocycles. The summed E-state index contributed by atoms with van der Waals surface area (Å²) < 4.78 is 4.14. The van der Waals surface area contributed by atoms with E-state index < -0.39 is 0 Å². The number of rotatable bonds is 6. The van der Waals surface area contributed by atoms with Crippen LogP contribution in [-0.4, -0.2) is 49.2 Å². The zero-order valence-corrected chi connectivity index (χ0v) is 18.0. The maximum atomic E-state index is 4.10. The smallest absolute Gasteiger partial charge is 0.108 e. The molecule has 1 unspecified atom stereocenters. The fraction of sp³-hybridized carbons (Fsp3) is 0.619. The summed E-state index contributed by atoms with van der Waals surface area (Å²) in [5.41, 5.74) is 0. The van der Waals surface area contributed by atoms with Gasteiger partial charge in [0.2, 0.25) is 0 Å². The summed E-state index contributed by atoms with van der Waals surface area (Å²) in [6.45, 7) is 11.0. The van der Waals surface area contributed by atoms with Crippen molar-refractivity contribution in [3.63, 3.8) is 0 Å². The average molecular weight is 375 g/mol. The van der Waals surface area contributed by atoms with Crippen LogP contribution in [0.1, 0.15) is 58.8 Å². The highest BCUT2D eigenvalue weighted by Gasteiger charge is 2.05. The number of nitrogens with zero attached hydrogens (tertiary/aromatic N) is 6. The van der Waals surface area contributed by atoms with Crippen LogP contribution >= 0.6 is 0 Å². The Kier molecular flexibility index (Phi) is 11.0. The van der Waals surface area contributed by atoms with Gasteiger partial charge in [-0.3, -0.25) is 0 Å². The van der Waals surface area contributed by atoms with Crippen LogP contribution in [0.2, 0.25) is 0 Å². The lowest BCUT2D eigenvalue weighted by atomic mass is 10.3. The normalized spacial score (nSPS) is 13.7. The first-order valence-corrected chi connectivity index (χ1v) is 10.1. The highest BCUT2D eigenvalue weighted by Crippen LogP contribution is 2.07. The fourth-order valence-electron chi connectivity index (χ4n) is 2.57. The molecule has 1 aliphatic rings. The molecule has 3 heterocycles. The Morgan fingerprint density at radius 3 is 2.26 bits per heavy atom. The van der Waals surface area contributed by atoms with Gasteiger partial charge in [-0.1, -0.05) is 27.2 Å². The molecule has 0 saturated heterocycles. The molecule has 0 aliphatic carbocycles. The molecular formula is C21H38N6. The molecule has 0 aromatic carbocycles. The van der Waals surface area contributed by atoms with Gasteiger partial charge < -0.3 is 18.9 Å². The number of unbranched alkanes of at least 4 members (excludes halogenated alkanes) is 1. The van der Waals surface area contributed by atoms with Crippen LogP contribution in [0.15, 0.2) is 43.5 Å². The van der Waals surface area contributed by atoms with E-state index in [0.717, 1.165) is 25.3 Å². The predicted molar refractivity (Wildman–Crippen MR) is 113 cm³/mol. The monoisotopic (exact) mass is 374 g/mol. The van der Waals surface area contributed by atoms with Crippen molar-refractivity contribution in [2.45, 2.75) is 59.4 Å². The second-order valence-electron chi connectivity index (χ2n) is 6.94. The van der Waals surface area contributed by atoms with Crippen molar-refractivity contribution in [1.29, 1.82) is 0 Å². The van der Waals surface area contributed by atoms with E-state index in [2.05, 4.69) is 71.5 Å². The summed E-state index contributed by atoms with van der Waals surface area (Å²) in [4.78, 5) is 12.6. The van der Waals surface area contributed by atoms with Gasteiger partial charge in [-0.15, -0.1) is 0 Å². The molecule has 0 amide bonds.